The van der Waals surface area contributed by atoms with Gasteiger partial charge >= 0.3 is 6.03 Å². The minimum Gasteiger partial charge on any atom is -0.507 e. The number of benzene rings is 3. The van der Waals surface area contributed by atoms with E-state index >= 15 is 0 Å². The number of methoxy groups -OCH3 is 1. The van der Waals surface area contributed by atoms with Gasteiger partial charge in [-0.1, -0.05) is 12.1 Å². The van der Waals surface area contributed by atoms with Crippen LogP contribution >= 0.6 is 0 Å². The molecule has 2 amide bonds. The molecule has 1 saturated carbocycles. The van der Waals surface area contributed by atoms with E-state index in [0.29, 0.717) is 41.4 Å². The molecule has 4 aromatic rings. The maximum Gasteiger partial charge on any atom is 0.342 e. The van der Waals surface area contributed by atoms with Crippen LogP contribution in [0.5, 0.6) is 17.2 Å². The zero-order valence-electron chi connectivity index (χ0n) is 21.8. The molecule has 9 nitrogen and oxygen atoms in total. The molecular weight excluding hydrogens is 496 g/mol. The molecule has 3 N–H and O–H groups in total. The summed E-state index contributed by atoms with van der Waals surface area (Å²) in [5, 5.41) is 21.0. The molecule has 200 valence electrons. The van der Waals surface area contributed by atoms with Gasteiger partial charge in [-0.15, -0.1) is 0 Å². The van der Waals surface area contributed by atoms with E-state index in [4.69, 9.17) is 9.47 Å². The number of aromatic nitrogens is 2. The second kappa shape index (κ2) is 11.3. The molecule has 0 unspecified atom stereocenters. The highest BCUT2D eigenvalue weighted by Crippen LogP contribution is 2.42. The Morgan fingerprint density at radius 2 is 1.72 bits per heavy atom. The second-order valence-electron chi connectivity index (χ2n) is 9.29. The van der Waals surface area contributed by atoms with Crippen molar-refractivity contribution in [3.05, 3.63) is 89.6 Å². The summed E-state index contributed by atoms with van der Waals surface area (Å²) in [5.74, 6) is 1.34. The normalized spacial score (nSPS) is 12.6. The fourth-order valence-corrected chi connectivity index (χ4v) is 4.25. The van der Waals surface area contributed by atoms with E-state index < -0.39 is 0 Å². The van der Waals surface area contributed by atoms with E-state index in [-0.39, 0.29) is 23.6 Å². The van der Waals surface area contributed by atoms with Crippen LogP contribution in [0, 0.1) is 0 Å². The molecule has 1 fully saturated rings. The Kier molecular flexibility index (Phi) is 7.49. The standard InChI is InChI=1S/C30H30N4O5/c1-3-39-24-13-8-21(9-14-24)29(36)32-22-10-15-25(28(35)16-22)26-17-27(20-6-7-20)34(33-26)30(37)31-18-19-4-11-23(38-2)12-5-19/h4-5,8-17,20,35H,3,6-7,18H2,1-2H3,(H,31,37)(H,32,36). The lowest BCUT2D eigenvalue weighted by molar-refractivity contribution is 0.102. The van der Waals surface area contributed by atoms with Gasteiger partial charge in [-0.3, -0.25) is 4.79 Å². The summed E-state index contributed by atoms with van der Waals surface area (Å²) in [6.45, 7) is 2.79. The summed E-state index contributed by atoms with van der Waals surface area (Å²) >= 11 is 0. The number of carbonyl (C=O) groups is 2. The van der Waals surface area contributed by atoms with Crippen molar-refractivity contribution in [3.63, 3.8) is 0 Å². The number of nitrogens with one attached hydrogen (secondary N) is 2. The number of phenolic OH excluding ortho intramolecular Hbond substituents is 1. The molecule has 1 aliphatic rings. The molecule has 0 saturated heterocycles. The topological polar surface area (TPSA) is 115 Å². The smallest absolute Gasteiger partial charge is 0.342 e. The fourth-order valence-electron chi connectivity index (χ4n) is 4.25. The average molecular weight is 527 g/mol. The number of phenols is 1. The predicted molar refractivity (Wildman–Crippen MR) is 147 cm³/mol. The van der Waals surface area contributed by atoms with E-state index in [2.05, 4.69) is 15.7 Å². The van der Waals surface area contributed by atoms with Gasteiger partial charge in [0.25, 0.3) is 5.91 Å². The first-order chi connectivity index (χ1) is 18.9. The zero-order valence-corrected chi connectivity index (χ0v) is 21.8. The van der Waals surface area contributed by atoms with E-state index in [1.807, 2.05) is 37.3 Å². The monoisotopic (exact) mass is 526 g/mol. The van der Waals surface area contributed by atoms with Crippen molar-refractivity contribution >= 4 is 17.6 Å². The largest absolute Gasteiger partial charge is 0.507 e. The summed E-state index contributed by atoms with van der Waals surface area (Å²) in [7, 11) is 1.61. The lowest BCUT2D eigenvalue weighted by atomic mass is 10.1. The van der Waals surface area contributed by atoms with Gasteiger partial charge in [0.1, 0.15) is 17.2 Å². The maximum atomic E-state index is 13.0. The van der Waals surface area contributed by atoms with Crippen LogP contribution in [-0.4, -0.2) is 40.5 Å². The fraction of sp³-hybridized carbons (Fsp3) is 0.233. The number of hydrogen-bond donors (Lipinski definition) is 3. The summed E-state index contributed by atoms with van der Waals surface area (Å²) in [6, 6.07) is 20.7. The maximum absolute atomic E-state index is 13.0. The average Bonchev–Trinajstić information content (AvgIpc) is 3.71. The Bertz CT molecular complexity index is 1470. The molecular formula is C30H30N4O5. The zero-order chi connectivity index (χ0) is 27.4. The first-order valence-corrected chi connectivity index (χ1v) is 12.8. The van der Waals surface area contributed by atoms with Crippen LogP contribution < -0.4 is 20.1 Å². The number of aromatic hydroxyl groups is 1. The summed E-state index contributed by atoms with van der Waals surface area (Å²) in [6.07, 6.45) is 1.97. The van der Waals surface area contributed by atoms with Crippen LogP contribution in [0.1, 0.15) is 47.3 Å². The highest BCUT2D eigenvalue weighted by atomic mass is 16.5. The van der Waals surface area contributed by atoms with Crippen LogP contribution in [0.15, 0.2) is 72.8 Å². The number of rotatable bonds is 9. The summed E-state index contributed by atoms with van der Waals surface area (Å²) in [5.41, 5.74) is 3.61. The highest BCUT2D eigenvalue weighted by Gasteiger charge is 2.30. The van der Waals surface area contributed by atoms with Gasteiger partial charge in [0, 0.05) is 35.3 Å². The second-order valence-corrected chi connectivity index (χ2v) is 9.29. The van der Waals surface area contributed by atoms with Gasteiger partial charge in [-0.2, -0.15) is 9.78 Å². The Labute approximate surface area is 226 Å². The van der Waals surface area contributed by atoms with E-state index in [1.54, 1.807) is 43.5 Å². The van der Waals surface area contributed by atoms with Crippen LogP contribution in [0.25, 0.3) is 11.3 Å². The Morgan fingerprint density at radius 1 is 1.00 bits per heavy atom. The third-order valence-electron chi connectivity index (χ3n) is 6.49. The molecule has 0 bridgehead atoms. The lowest BCUT2D eigenvalue weighted by Crippen LogP contribution is -2.30. The molecule has 39 heavy (non-hydrogen) atoms. The van der Waals surface area contributed by atoms with E-state index in [9.17, 15) is 14.7 Å². The summed E-state index contributed by atoms with van der Waals surface area (Å²) < 4.78 is 12.0. The highest BCUT2D eigenvalue weighted by molar-refractivity contribution is 6.04. The van der Waals surface area contributed by atoms with E-state index in [0.717, 1.165) is 29.8 Å². The van der Waals surface area contributed by atoms with Gasteiger partial charge in [-0.25, -0.2) is 4.79 Å². The van der Waals surface area contributed by atoms with Gasteiger partial charge in [-0.05, 0) is 79.9 Å². The molecule has 9 heteroatoms. The Hall–Kier alpha value is -4.79. The van der Waals surface area contributed by atoms with Gasteiger partial charge in [0.05, 0.1) is 25.1 Å². The minimum atomic E-state index is -0.335. The SMILES string of the molecule is CCOc1ccc(C(=O)Nc2ccc(-c3cc(C4CC4)n(C(=O)NCc4ccc(OC)cc4)n3)c(O)c2)cc1. The number of amides is 2. The molecule has 0 atom stereocenters. The first-order valence-electron chi connectivity index (χ1n) is 12.8. The molecule has 5 rings (SSSR count). The first kappa shape index (κ1) is 25.8. The lowest BCUT2D eigenvalue weighted by Gasteiger charge is -2.09. The molecule has 1 heterocycles. The van der Waals surface area contributed by atoms with Crippen molar-refractivity contribution in [1.82, 2.24) is 15.1 Å². The van der Waals surface area contributed by atoms with Crippen molar-refractivity contribution in [2.24, 2.45) is 0 Å². The number of ether oxygens (including phenoxy) is 2. The van der Waals surface area contributed by atoms with Crippen molar-refractivity contribution in [2.45, 2.75) is 32.2 Å². The third kappa shape index (κ3) is 6.04. The van der Waals surface area contributed by atoms with Crippen molar-refractivity contribution in [2.75, 3.05) is 19.0 Å². The van der Waals surface area contributed by atoms with Crippen molar-refractivity contribution < 1.29 is 24.2 Å². The molecule has 0 aliphatic heterocycles. The number of carbonyl (C=O) groups excluding carboxylic acids is 2. The number of nitrogens with zero attached hydrogens (tertiary/aromatic N) is 2. The Balaban J connectivity index is 1.29. The van der Waals surface area contributed by atoms with Crippen LogP contribution in [-0.2, 0) is 6.54 Å². The number of hydrogen-bond acceptors (Lipinski definition) is 6. The van der Waals surface area contributed by atoms with Crippen LogP contribution in [0.4, 0.5) is 10.5 Å². The predicted octanol–water partition coefficient (Wildman–Crippen LogP) is 5.55. The van der Waals surface area contributed by atoms with Gasteiger partial charge in [0.2, 0.25) is 0 Å². The van der Waals surface area contributed by atoms with Crippen LogP contribution in [0.3, 0.4) is 0 Å². The minimum absolute atomic E-state index is 0.0508. The Morgan fingerprint density at radius 3 is 2.36 bits per heavy atom. The van der Waals surface area contributed by atoms with Gasteiger partial charge < -0.3 is 25.2 Å². The molecule has 0 spiro atoms. The molecule has 1 aliphatic carbocycles. The molecule has 0 radical (unpaired) electrons. The van der Waals surface area contributed by atoms with Crippen LogP contribution in [0.2, 0.25) is 0 Å². The quantitative estimate of drug-likeness (QED) is 0.263. The van der Waals surface area contributed by atoms with Gasteiger partial charge in [0.15, 0.2) is 0 Å². The van der Waals surface area contributed by atoms with E-state index in [1.165, 1.54) is 10.7 Å². The molecule has 3 aromatic carbocycles. The summed E-state index contributed by atoms with van der Waals surface area (Å²) in [4.78, 5) is 25.7. The van der Waals surface area contributed by atoms with Crippen molar-refractivity contribution in [3.8, 4) is 28.5 Å². The van der Waals surface area contributed by atoms with Crippen molar-refractivity contribution in [1.29, 1.82) is 0 Å². The molecule has 1 aromatic heterocycles. The number of anilines is 1. The third-order valence-corrected chi connectivity index (χ3v) is 6.49.